The Labute approximate surface area is 176 Å². The maximum absolute atomic E-state index is 12.9. The van der Waals surface area contributed by atoms with Crippen LogP contribution in [0, 0.1) is 5.82 Å². The minimum Gasteiger partial charge on any atom is -0.361 e. The molecule has 0 aromatic heterocycles. The Morgan fingerprint density at radius 1 is 1.00 bits per heavy atom. The zero-order chi connectivity index (χ0) is 20.5. The highest BCUT2D eigenvalue weighted by molar-refractivity contribution is 7.80. The summed E-state index contributed by atoms with van der Waals surface area (Å²) in [7, 11) is 0. The molecular weight excluding hydrogens is 387 g/mol. The summed E-state index contributed by atoms with van der Waals surface area (Å²) in [5.41, 5.74) is 1.79. The summed E-state index contributed by atoms with van der Waals surface area (Å²) in [5, 5.41) is 9.90. The summed E-state index contributed by atoms with van der Waals surface area (Å²) in [6.07, 6.45) is 2.10. The number of carbonyl (C=O) groups excluding carboxylic acids is 1. The van der Waals surface area contributed by atoms with Crippen LogP contribution in [0.3, 0.4) is 0 Å². The van der Waals surface area contributed by atoms with E-state index in [4.69, 9.17) is 12.2 Å². The second-order valence-corrected chi connectivity index (χ2v) is 7.61. The second kappa shape index (κ2) is 10.9. The number of hydrogen-bond acceptors (Lipinski definition) is 3. The lowest BCUT2D eigenvalue weighted by molar-refractivity contribution is 0.0954. The van der Waals surface area contributed by atoms with Crippen molar-refractivity contribution in [2.24, 2.45) is 0 Å². The van der Waals surface area contributed by atoms with Crippen LogP contribution < -0.4 is 16.0 Å². The van der Waals surface area contributed by atoms with E-state index >= 15 is 0 Å². The Hall–Kier alpha value is -2.51. The van der Waals surface area contributed by atoms with E-state index in [1.54, 1.807) is 0 Å². The van der Waals surface area contributed by atoms with E-state index in [2.05, 4.69) is 45.1 Å². The normalized spacial score (nSPS) is 14.9. The van der Waals surface area contributed by atoms with Crippen molar-refractivity contribution in [1.29, 1.82) is 0 Å². The summed E-state index contributed by atoms with van der Waals surface area (Å²) < 4.78 is 12.9. The van der Waals surface area contributed by atoms with Crippen LogP contribution in [0.15, 0.2) is 54.6 Å². The number of hydrogen-bond donors (Lipinski definition) is 3. The first-order valence-electron chi connectivity index (χ1n) is 9.94. The Morgan fingerprint density at radius 3 is 2.34 bits per heavy atom. The zero-order valence-electron chi connectivity index (χ0n) is 16.4. The SMILES string of the molecule is O=C(NCCNC(=S)NC1CCN(Cc2ccccc2)CC1)c1ccc(F)cc1. The molecule has 7 heteroatoms. The van der Waals surface area contributed by atoms with Crippen LogP contribution in [0.4, 0.5) is 4.39 Å². The molecule has 0 radical (unpaired) electrons. The molecule has 2 aromatic rings. The van der Waals surface area contributed by atoms with Gasteiger partial charge in [0.1, 0.15) is 5.82 Å². The van der Waals surface area contributed by atoms with Crippen molar-refractivity contribution in [1.82, 2.24) is 20.9 Å². The number of halogens is 1. The zero-order valence-corrected chi connectivity index (χ0v) is 17.2. The van der Waals surface area contributed by atoms with Crippen LogP contribution in [0.5, 0.6) is 0 Å². The van der Waals surface area contributed by atoms with E-state index in [9.17, 15) is 9.18 Å². The topological polar surface area (TPSA) is 56.4 Å². The van der Waals surface area contributed by atoms with Gasteiger partial charge >= 0.3 is 0 Å². The lowest BCUT2D eigenvalue weighted by Gasteiger charge is -2.33. The number of likely N-dealkylation sites (tertiary alicyclic amines) is 1. The fourth-order valence-electron chi connectivity index (χ4n) is 3.37. The first-order valence-corrected chi connectivity index (χ1v) is 10.4. The molecule has 2 aromatic carbocycles. The summed E-state index contributed by atoms with van der Waals surface area (Å²) in [5.74, 6) is -0.581. The minimum absolute atomic E-state index is 0.225. The quantitative estimate of drug-likeness (QED) is 0.480. The van der Waals surface area contributed by atoms with Gasteiger partial charge in [-0.1, -0.05) is 30.3 Å². The maximum Gasteiger partial charge on any atom is 0.251 e. The van der Waals surface area contributed by atoms with Gasteiger partial charge in [0.15, 0.2) is 5.11 Å². The molecule has 1 fully saturated rings. The molecule has 3 N–H and O–H groups in total. The third-order valence-electron chi connectivity index (χ3n) is 4.97. The molecule has 0 aliphatic carbocycles. The highest BCUT2D eigenvalue weighted by Crippen LogP contribution is 2.13. The average molecular weight is 415 g/mol. The molecule has 0 atom stereocenters. The number of amides is 1. The van der Waals surface area contributed by atoms with Crippen LogP contribution >= 0.6 is 12.2 Å². The number of piperidine rings is 1. The molecule has 1 saturated heterocycles. The summed E-state index contributed by atoms with van der Waals surface area (Å²) in [6, 6.07) is 16.4. The smallest absolute Gasteiger partial charge is 0.251 e. The van der Waals surface area contributed by atoms with Gasteiger partial charge in [-0.05, 0) is 54.9 Å². The molecule has 0 unspecified atom stereocenters. The first-order chi connectivity index (χ1) is 14.1. The third kappa shape index (κ3) is 7.11. The van der Waals surface area contributed by atoms with Crippen LogP contribution in [0.2, 0.25) is 0 Å². The highest BCUT2D eigenvalue weighted by Gasteiger charge is 2.19. The molecule has 1 heterocycles. The molecule has 3 rings (SSSR count). The van der Waals surface area contributed by atoms with Gasteiger partial charge in [0.2, 0.25) is 0 Å². The molecule has 0 bridgehead atoms. The number of rotatable bonds is 7. The van der Waals surface area contributed by atoms with Crippen molar-refractivity contribution < 1.29 is 9.18 Å². The van der Waals surface area contributed by atoms with Crippen molar-refractivity contribution in [2.75, 3.05) is 26.2 Å². The Balaban J connectivity index is 1.28. The fraction of sp³-hybridized carbons (Fsp3) is 0.364. The molecule has 0 spiro atoms. The summed E-state index contributed by atoms with van der Waals surface area (Å²) >= 11 is 5.37. The van der Waals surface area contributed by atoms with E-state index in [0.717, 1.165) is 32.5 Å². The number of carbonyl (C=O) groups is 1. The average Bonchev–Trinajstić information content (AvgIpc) is 2.74. The minimum atomic E-state index is -0.356. The van der Waals surface area contributed by atoms with E-state index < -0.39 is 0 Å². The third-order valence-corrected chi connectivity index (χ3v) is 5.24. The Morgan fingerprint density at radius 2 is 1.66 bits per heavy atom. The number of benzene rings is 2. The molecule has 5 nitrogen and oxygen atoms in total. The number of thiocarbonyl (C=S) groups is 1. The Kier molecular flexibility index (Phi) is 7.95. The second-order valence-electron chi connectivity index (χ2n) is 7.20. The molecule has 1 aliphatic heterocycles. The molecule has 1 amide bonds. The van der Waals surface area contributed by atoms with Crippen molar-refractivity contribution >= 4 is 23.2 Å². The molecule has 1 aliphatic rings. The summed E-state index contributed by atoms with van der Waals surface area (Å²) in [6.45, 7) is 4.05. The van der Waals surface area contributed by atoms with Crippen LogP contribution in [0.25, 0.3) is 0 Å². The van der Waals surface area contributed by atoms with E-state index in [1.165, 1.54) is 29.8 Å². The molecule has 0 saturated carbocycles. The Bertz CT molecular complexity index is 792. The van der Waals surface area contributed by atoms with Crippen molar-refractivity contribution in [2.45, 2.75) is 25.4 Å². The number of nitrogens with zero attached hydrogens (tertiary/aromatic N) is 1. The van der Waals surface area contributed by atoms with Gasteiger partial charge < -0.3 is 16.0 Å². The standard InChI is InChI=1S/C22H27FN4OS/c23-19-8-6-18(7-9-19)21(28)24-12-13-25-22(29)26-20-10-14-27(15-11-20)16-17-4-2-1-3-5-17/h1-9,20H,10-16H2,(H,24,28)(H2,25,26,29). The van der Waals surface area contributed by atoms with Gasteiger partial charge in [-0.2, -0.15) is 0 Å². The van der Waals surface area contributed by atoms with Gasteiger partial charge in [0, 0.05) is 44.3 Å². The maximum atomic E-state index is 12.9. The molecule has 29 heavy (non-hydrogen) atoms. The van der Waals surface area contributed by atoms with Gasteiger partial charge in [0.05, 0.1) is 0 Å². The van der Waals surface area contributed by atoms with Crippen LogP contribution in [-0.2, 0) is 6.54 Å². The van der Waals surface area contributed by atoms with Gasteiger partial charge in [0.25, 0.3) is 5.91 Å². The van der Waals surface area contributed by atoms with Gasteiger partial charge in [-0.3, -0.25) is 9.69 Å². The van der Waals surface area contributed by atoms with Crippen LogP contribution in [-0.4, -0.2) is 48.1 Å². The largest absolute Gasteiger partial charge is 0.361 e. The van der Waals surface area contributed by atoms with Crippen molar-refractivity contribution in [3.63, 3.8) is 0 Å². The molecular formula is C22H27FN4OS. The van der Waals surface area contributed by atoms with E-state index in [1.807, 2.05) is 6.07 Å². The fourth-order valence-corrected chi connectivity index (χ4v) is 3.64. The predicted octanol–water partition coefficient (Wildman–Crippen LogP) is 2.68. The first kappa shape index (κ1) is 21.2. The van der Waals surface area contributed by atoms with Crippen molar-refractivity contribution in [3.05, 3.63) is 71.5 Å². The van der Waals surface area contributed by atoms with Gasteiger partial charge in [-0.25, -0.2) is 4.39 Å². The monoisotopic (exact) mass is 414 g/mol. The van der Waals surface area contributed by atoms with Crippen LogP contribution in [0.1, 0.15) is 28.8 Å². The van der Waals surface area contributed by atoms with E-state index in [-0.39, 0.29) is 11.7 Å². The van der Waals surface area contributed by atoms with Gasteiger partial charge in [-0.15, -0.1) is 0 Å². The highest BCUT2D eigenvalue weighted by atomic mass is 32.1. The summed E-state index contributed by atoms with van der Waals surface area (Å²) in [4.78, 5) is 14.4. The lowest BCUT2D eigenvalue weighted by Crippen LogP contribution is -2.48. The van der Waals surface area contributed by atoms with Crippen molar-refractivity contribution in [3.8, 4) is 0 Å². The lowest BCUT2D eigenvalue weighted by atomic mass is 10.0. The molecule has 154 valence electrons. The van der Waals surface area contributed by atoms with E-state index in [0.29, 0.717) is 29.8 Å². The number of nitrogens with one attached hydrogen (secondary N) is 3. The predicted molar refractivity (Wildman–Crippen MR) is 117 cm³/mol.